The van der Waals surface area contributed by atoms with E-state index in [-0.39, 0.29) is 11.2 Å². The highest BCUT2D eigenvalue weighted by atomic mass is 32.1. The lowest BCUT2D eigenvalue weighted by molar-refractivity contribution is 0.122. The Kier molecular flexibility index (Phi) is 4.60. The van der Waals surface area contributed by atoms with Gasteiger partial charge in [0.05, 0.1) is 23.7 Å². The van der Waals surface area contributed by atoms with Crippen LogP contribution < -0.4 is 0 Å². The van der Waals surface area contributed by atoms with E-state index in [0.29, 0.717) is 6.42 Å². The van der Waals surface area contributed by atoms with Crippen molar-refractivity contribution >= 4 is 27.5 Å². The molecule has 0 radical (unpaired) electrons. The second-order valence-electron chi connectivity index (χ2n) is 8.42. The normalized spacial score (nSPS) is 19.5. The third-order valence-corrected chi connectivity index (χ3v) is 7.34. The first kappa shape index (κ1) is 19.2. The van der Waals surface area contributed by atoms with Crippen LogP contribution in [0.2, 0.25) is 0 Å². The molecule has 4 aromatic rings. The maximum Gasteiger partial charge on any atom is 0.123 e. The minimum Gasteiger partial charge on any atom is -0.388 e. The molecule has 5 rings (SSSR count). The summed E-state index contributed by atoms with van der Waals surface area (Å²) in [7, 11) is 0. The van der Waals surface area contributed by atoms with Gasteiger partial charge >= 0.3 is 0 Å². The molecule has 0 spiro atoms. The zero-order chi connectivity index (χ0) is 20.9. The van der Waals surface area contributed by atoms with Crippen molar-refractivity contribution in [2.24, 2.45) is 5.41 Å². The van der Waals surface area contributed by atoms with Gasteiger partial charge in [-0.2, -0.15) is 5.10 Å². The number of fused-ring (bicyclic) bond motifs is 2. The van der Waals surface area contributed by atoms with E-state index in [1.165, 1.54) is 22.4 Å². The summed E-state index contributed by atoms with van der Waals surface area (Å²) in [6, 6.07) is 14.6. The number of nitrogens with zero attached hydrogens (tertiary/aromatic N) is 2. The third-order valence-electron chi connectivity index (χ3n) is 6.36. The fourth-order valence-electron chi connectivity index (χ4n) is 4.44. The Bertz CT molecular complexity index is 1250. The zero-order valence-electron chi connectivity index (χ0n) is 17.0. The molecular formula is C25H23FN2OS. The molecule has 0 amide bonds. The van der Waals surface area contributed by atoms with Gasteiger partial charge in [-0.15, -0.1) is 11.3 Å². The van der Waals surface area contributed by atoms with Crippen molar-refractivity contribution in [1.29, 1.82) is 0 Å². The fourth-order valence-corrected chi connectivity index (χ4v) is 5.44. The third kappa shape index (κ3) is 3.18. The van der Waals surface area contributed by atoms with Gasteiger partial charge in [0.1, 0.15) is 5.82 Å². The van der Waals surface area contributed by atoms with Gasteiger partial charge in [-0.3, -0.25) is 0 Å². The van der Waals surface area contributed by atoms with Crippen LogP contribution in [-0.2, 0) is 6.42 Å². The van der Waals surface area contributed by atoms with Crippen LogP contribution >= 0.6 is 11.3 Å². The maximum absolute atomic E-state index is 13.3. The summed E-state index contributed by atoms with van der Waals surface area (Å²) in [6.45, 7) is 4.35. The van der Waals surface area contributed by atoms with Crippen molar-refractivity contribution in [3.63, 3.8) is 0 Å². The molecule has 1 aliphatic carbocycles. The molecule has 0 aliphatic heterocycles. The fraction of sp³-hybridized carbons (Fsp3) is 0.240. The summed E-state index contributed by atoms with van der Waals surface area (Å²) < 4.78 is 16.4. The number of hydrogen-bond donors (Lipinski definition) is 1. The Morgan fingerprint density at radius 1 is 1.20 bits per heavy atom. The molecule has 5 heteroatoms. The highest BCUT2D eigenvalue weighted by molar-refractivity contribution is 7.17. The summed E-state index contributed by atoms with van der Waals surface area (Å²) in [6.07, 6.45) is 4.99. The second-order valence-corrected chi connectivity index (χ2v) is 9.33. The Labute approximate surface area is 179 Å². The number of halogens is 1. The van der Waals surface area contributed by atoms with Gasteiger partial charge in [0.25, 0.3) is 0 Å². The molecule has 0 saturated heterocycles. The van der Waals surface area contributed by atoms with E-state index in [1.54, 1.807) is 23.5 Å². The number of allylic oxidation sites excluding steroid dienone is 1. The first-order valence-corrected chi connectivity index (χ1v) is 11.0. The lowest BCUT2D eigenvalue weighted by Crippen LogP contribution is -2.27. The van der Waals surface area contributed by atoms with Crippen molar-refractivity contribution < 1.29 is 9.50 Å². The van der Waals surface area contributed by atoms with E-state index in [9.17, 15) is 9.50 Å². The lowest BCUT2D eigenvalue weighted by atomic mass is 9.70. The summed E-state index contributed by atoms with van der Waals surface area (Å²) in [5.41, 5.74) is 5.10. The number of thiophene rings is 1. The minimum absolute atomic E-state index is 0.161. The second kappa shape index (κ2) is 7.18. The lowest BCUT2D eigenvalue weighted by Gasteiger charge is -2.36. The average molecular weight is 419 g/mol. The first-order valence-electron chi connectivity index (χ1n) is 10.1. The maximum atomic E-state index is 13.3. The quantitative estimate of drug-likeness (QED) is 0.421. The summed E-state index contributed by atoms with van der Waals surface area (Å²) >= 11 is 1.68. The molecule has 152 valence electrons. The predicted molar refractivity (Wildman–Crippen MR) is 120 cm³/mol. The SMILES string of the molecule is CC1=Cc2c(cnn2-c2ccc(F)cc2)C[C@]1(C)CC(O)c1csc2ccccc12. The predicted octanol–water partition coefficient (Wildman–Crippen LogP) is 6.32. The molecule has 0 bridgehead atoms. The number of aliphatic hydroxyl groups excluding tert-OH is 1. The number of rotatable bonds is 4. The van der Waals surface area contributed by atoms with Gasteiger partial charge in [0.2, 0.25) is 0 Å². The molecule has 2 aromatic carbocycles. The summed E-state index contributed by atoms with van der Waals surface area (Å²) in [5.74, 6) is -0.256. The molecule has 2 atom stereocenters. The molecule has 1 N–H and O–H groups in total. The van der Waals surface area contributed by atoms with Gasteiger partial charge in [-0.25, -0.2) is 9.07 Å². The Morgan fingerprint density at radius 3 is 2.77 bits per heavy atom. The largest absolute Gasteiger partial charge is 0.388 e. The van der Waals surface area contributed by atoms with Crippen LogP contribution in [0.1, 0.15) is 43.2 Å². The van der Waals surface area contributed by atoms with Crippen LogP contribution in [0.4, 0.5) is 4.39 Å². The number of benzene rings is 2. The topological polar surface area (TPSA) is 38.0 Å². The van der Waals surface area contributed by atoms with E-state index >= 15 is 0 Å². The molecule has 2 heterocycles. The molecule has 3 nitrogen and oxygen atoms in total. The highest BCUT2D eigenvalue weighted by Gasteiger charge is 2.35. The van der Waals surface area contributed by atoms with Crippen molar-refractivity contribution in [3.8, 4) is 5.69 Å². The summed E-state index contributed by atoms with van der Waals surface area (Å²) in [4.78, 5) is 0. The van der Waals surface area contributed by atoms with Crippen LogP contribution in [0.25, 0.3) is 21.8 Å². The van der Waals surface area contributed by atoms with E-state index < -0.39 is 6.10 Å². The molecule has 1 aliphatic rings. The zero-order valence-corrected chi connectivity index (χ0v) is 17.8. The standard InChI is InChI=1S/C25H23FN2OS/c1-16-11-22-17(14-27-28(22)19-9-7-18(26)8-10-19)12-25(16,2)13-23(29)21-15-30-24-6-4-3-5-20(21)24/h3-11,14-15,23,29H,12-13H2,1-2H3/t23?,25-/m1/s1. The molecule has 0 fully saturated rings. The van der Waals surface area contributed by atoms with Crippen molar-refractivity contribution in [1.82, 2.24) is 9.78 Å². The van der Waals surface area contributed by atoms with E-state index in [1.807, 2.05) is 23.0 Å². The highest BCUT2D eigenvalue weighted by Crippen LogP contribution is 2.45. The molecule has 0 saturated carbocycles. The van der Waals surface area contributed by atoms with Crippen LogP contribution in [0.3, 0.4) is 0 Å². The molecule has 2 aromatic heterocycles. The minimum atomic E-state index is -0.525. The number of aromatic nitrogens is 2. The van der Waals surface area contributed by atoms with Crippen LogP contribution in [0, 0.1) is 11.2 Å². The molecule has 30 heavy (non-hydrogen) atoms. The Balaban J connectivity index is 1.45. The van der Waals surface area contributed by atoms with E-state index in [4.69, 9.17) is 0 Å². The van der Waals surface area contributed by atoms with Gasteiger partial charge in [-0.05, 0) is 83.5 Å². The smallest absolute Gasteiger partial charge is 0.123 e. The van der Waals surface area contributed by atoms with Crippen LogP contribution in [0.5, 0.6) is 0 Å². The first-order chi connectivity index (χ1) is 14.4. The van der Waals surface area contributed by atoms with Gasteiger partial charge in [0, 0.05) is 4.70 Å². The summed E-state index contributed by atoms with van der Waals surface area (Å²) in [5, 5.41) is 18.9. The van der Waals surface area contributed by atoms with Crippen molar-refractivity contribution in [2.75, 3.05) is 0 Å². The molecular weight excluding hydrogens is 395 g/mol. The van der Waals surface area contributed by atoms with Crippen molar-refractivity contribution in [3.05, 3.63) is 88.3 Å². The Morgan fingerprint density at radius 2 is 1.97 bits per heavy atom. The van der Waals surface area contributed by atoms with Gasteiger partial charge < -0.3 is 5.11 Å². The van der Waals surface area contributed by atoms with Crippen LogP contribution in [0.15, 0.2) is 65.7 Å². The number of aliphatic hydroxyl groups is 1. The van der Waals surface area contributed by atoms with Crippen molar-refractivity contribution in [2.45, 2.75) is 32.8 Å². The Hall–Kier alpha value is -2.76. The average Bonchev–Trinajstić information content (AvgIpc) is 3.33. The number of hydrogen-bond acceptors (Lipinski definition) is 3. The molecule has 1 unspecified atom stereocenters. The van der Waals surface area contributed by atoms with E-state index in [2.05, 4.69) is 42.5 Å². The van der Waals surface area contributed by atoms with Gasteiger partial charge in [-0.1, -0.05) is 30.7 Å². The monoisotopic (exact) mass is 418 g/mol. The van der Waals surface area contributed by atoms with Gasteiger partial charge in [0.15, 0.2) is 0 Å². The van der Waals surface area contributed by atoms with E-state index in [0.717, 1.165) is 34.3 Å². The van der Waals surface area contributed by atoms with Crippen LogP contribution in [-0.4, -0.2) is 14.9 Å².